The molecule has 1 atom stereocenters. The summed E-state index contributed by atoms with van der Waals surface area (Å²) in [5, 5.41) is 0. The molecule has 210 valence electrons. The van der Waals surface area contributed by atoms with Gasteiger partial charge < -0.3 is 9.47 Å². The molecule has 0 radical (unpaired) electrons. The van der Waals surface area contributed by atoms with Crippen LogP contribution < -0.4 is 4.90 Å². The highest BCUT2D eigenvalue weighted by atomic mass is 19.1. The zero-order valence-corrected chi connectivity index (χ0v) is 23.7. The lowest BCUT2D eigenvalue weighted by atomic mass is 10.1. The van der Waals surface area contributed by atoms with Crippen LogP contribution in [0.4, 0.5) is 20.5 Å². The summed E-state index contributed by atoms with van der Waals surface area (Å²) >= 11 is 0. The molecule has 11 heteroatoms. The molecule has 40 heavy (non-hydrogen) atoms. The predicted molar refractivity (Wildman–Crippen MR) is 151 cm³/mol. The fourth-order valence-electron chi connectivity index (χ4n) is 5.42. The van der Waals surface area contributed by atoms with Crippen LogP contribution in [0.5, 0.6) is 0 Å². The van der Waals surface area contributed by atoms with Gasteiger partial charge in [-0.05, 0) is 58.5 Å². The Kier molecular flexibility index (Phi) is 7.50. The maximum absolute atomic E-state index is 15.0. The summed E-state index contributed by atoms with van der Waals surface area (Å²) in [6.45, 7) is 13.2. The van der Waals surface area contributed by atoms with Gasteiger partial charge in [0.05, 0.1) is 17.3 Å². The molecule has 1 aliphatic heterocycles. The molecule has 1 saturated heterocycles. The Bertz CT molecular complexity index is 1550. The molecule has 0 bridgehead atoms. The predicted octanol–water partition coefficient (Wildman–Crippen LogP) is 4.99. The molecule has 0 N–H and O–H groups in total. The van der Waals surface area contributed by atoms with Crippen molar-refractivity contribution in [1.29, 1.82) is 0 Å². The van der Waals surface area contributed by atoms with Crippen molar-refractivity contribution in [3.8, 4) is 11.3 Å². The van der Waals surface area contributed by atoms with Crippen LogP contribution in [-0.4, -0.2) is 79.5 Å². The van der Waals surface area contributed by atoms with E-state index in [0.29, 0.717) is 41.9 Å². The number of imidazole rings is 1. The van der Waals surface area contributed by atoms with E-state index in [1.165, 1.54) is 12.3 Å². The summed E-state index contributed by atoms with van der Waals surface area (Å²) in [6.07, 6.45) is 2.60. The molecule has 5 rings (SSSR count). The number of aryl methyl sites for hydroxylation is 1. The van der Waals surface area contributed by atoms with Crippen molar-refractivity contribution >= 4 is 28.7 Å². The van der Waals surface area contributed by atoms with Crippen LogP contribution in [0.2, 0.25) is 0 Å². The number of benzene rings is 1. The second-order valence-corrected chi connectivity index (χ2v) is 10.5. The van der Waals surface area contributed by atoms with Crippen LogP contribution in [-0.2, 0) is 0 Å². The van der Waals surface area contributed by atoms with E-state index in [4.69, 9.17) is 0 Å². The number of piperazine rings is 1. The number of hydrogen-bond acceptors (Lipinski definition) is 7. The lowest BCUT2D eigenvalue weighted by molar-refractivity contribution is 0.0528. The van der Waals surface area contributed by atoms with E-state index in [1.54, 1.807) is 30.1 Å². The number of fused-ring (bicyclic) bond motifs is 1. The van der Waals surface area contributed by atoms with Gasteiger partial charge in [-0.25, -0.2) is 28.7 Å². The van der Waals surface area contributed by atoms with E-state index in [9.17, 15) is 9.18 Å². The second kappa shape index (κ2) is 10.9. The van der Waals surface area contributed by atoms with Gasteiger partial charge in [0.15, 0.2) is 11.6 Å². The minimum atomic E-state index is -0.672. The largest absolute Gasteiger partial charge is 0.336 e. The number of hydrogen-bond donors (Lipinski definition) is 0. The molecule has 0 unspecified atom stereocenters. The lowest BCUT2D eigenvalue weighted by Gasteiger charge is -2.39. The molecule has 1 amide bonds. The van der Waals surface area contributed by atoms with E-state index in [1.807, 2.05) is 30.2 Å². The van der Waals surface area contributed by atoms with Crippen molar-refractivity contribution < 1.29 is 13.6 Å². The van der Waals surface area contributed by atoms with Crippen LogP contribution in [0, 0.1) is 18.6 Å². The standard InChI is InChI=1S/C29H34F2N8O/c1-7-37-10-11-38(16-18(37)4)28(40)20-8-9-25(32-14-20)36(6)29-33-15-23(31)26(35-29)21-12-22(30)27-24(13-21)39(17(2)3)19(5)34-27/h8-9,12-15,17-18H,7,10-11,16H2,1-6H3/t18-/m1/s1. The molecule has 1 aromatic carbocycles. The molecule has 4 heterocycles. The number of amides is 1. The summed E-state index contributed by atoms with van der Waals surface area (Å²) in [7, 11) is 1.70. The fraction of sp³-hybridized carbons (Fsp3) is 0.414. The first-order valence-electron chi connectivity index (χ1n) is 13.5. The van der Waals surface area contributed by atoms with E-state index < -0.39 is 11.6 Å². The fourth-order valence-corrected chi connectivity index (χ4v) is 5.42. The number of pyridine rings is 1. The van der Waals surface area contributed by atoms with Crippen LogP contribution in [0.1, 0.15) is 49.9 Å². The minimum absolute atomic E-state index is 0.0288. The van der Waals surface area contributed by atoms with Gasteiger partial charge in [0.2, 0.25) is 5.95 Å². The van der Waals surface area contributed by atoms with E-state index >= 15 is 4.39 Å². The van der Waals surface area contributed by atoms with Gasteiger partial charge in [0.25, 0.3) is 5.91 Å². The summed E-state index contributed by atoms with van der Waals surface area (Å²) < 4.78 is 31.9. The maximum Gasteiger partial charge on any atom is 0.255 e. The Morgan fingerprint density at radius 3 is 2.52 bits per heavy atom. The van der Waals surface area contributed by atoms with Crippen LogP contribution in [0.3, 0.4) is 0 Å². The first-order valence-corrected chi connectivity index (χ1v) is 13.5. The summed E-state index contributed by atoms with van der Waals surface area (Å²) in [5.41, 5.74) is 1.56. The third kappa shape index (κ3) is 5.01. The van der Waals surface area contributed by atoms with Crippen molar-refractivity contribution in [3.63, 3.8) is 0 Å². The maximum atomic E-state index is 15.0. The number of aromatic nitrogens is 5. The van der Waals surface area contributed by atoms with Crippen LogP contribution >= 0.6 is 0 Å². The number of halogens is 2. The minimum Gasteiger partial charge on any atom is -0.336 e. The average Bonchev–Trinajstić information content (AvgIpc) is 3.29. The number of nitrogens with zero attached hydrogens (tertiary/aromatic N) is 8. The topological polar surface area (TPSA) is 83.3 Å². The van der Waals surface area contributed by atoms with E-state index in [2.05, 4.69) is 38.7 Å². The lowest BCUT2D eigenvalue weighted by Crippen LogP contribution is -2.53. The highest BCUT2D eigenvalue weighted by Gasteiger charge is 2.27. The molecule has 4 aromatic rings. The van der Waals surface area contributed by atoms with Gasteiger partial charge in [-0.2, -0.15) is 0 Å². The Morgan fingerprint density at radius 2 is 1.88 bits per heavy atom. The highest BCUT2D eigenvalue weighted by molar-refractivity contribution is 5.94. The van der Waals surface area contributed by atoms with Gasteiger partial charge in [-0.15, -0.1) is 0 Å². The molecule has 0 aliphatic carbocycles. The Hall–Kier alpha value is -3.99. The van der Waals surface area contributed by atoms with Gasteiger partial charge >= 0.3 is 0 Å². The van der Waals surface area contributed by atoms with Crippen LogP contribution in [0.15, 0.2) is 36.7 Å². The molecule has 9 nitrogen and oxygen atoms in total. The van der Waals surface area contributed by atoms with Gasteiger partial charge in [-0.3, -0.25) is 14.6 Å². The van der Waals surface area contributed by atoms with Crippen molar-refractivity contribution in [2.45, 2.75) is 46.7 Å². The van der Waals surface area contributed by atoms with Crippen molar-refractivity contribution in [1.82, 2.24) is 34.3 Å². The molecule has 0 spiro atoms. The zero-order valence-electron chi connectivity index (χ0n) is 23.7. The average molecular weight is 549 g/mol. The first kappa shape index (κ1) is 27.6. The SMILES string of the molecule is CCN1CCN(C(=O)c2ccc(N(C)c3ncc(F)c(-c4cc(F)c5nc(C)n(C(C)C)c5c4)n3)nc2)C[C@H]1C. The van der Waals surface area contributed by atoms with Gasteiger partial charge in [-0.1, -0.05) is 6.92 Å². The molecular formula is C29H34F2N8O. The first-order chi connectivity index (χ1) is 19.1. The molecule has 3 aromatic heterocycles. The summed E-state index contributed by atoms with van der Waals surface area (Å²) in [4.78, 5) is 36.2. The van der Waals surface area contributed by atoms with E-state index in [-0.39, 0.29) is 34.7 Å². The van der Waals surface area contributed by atoms with Crippen molar-refractivity contribution in [3.05, 3.63) is 59.7 Å². The third-order valence-electron chi connectivity index (χ3n) is 7.54. The smallest absolute Gasteiger partial charge is 0.255 e. The third-order valence-corrected chi connectivity index (χ3v) is 7.54. The second-order valence-electron chi connectivity index (χ2n) is 10.5. The number of carbonyl (C=O) groups is 1. The van der Waals surface area contributed by atoms with Gasteiger partial charge in [0.1, 0.15) is 22.9 Å². The highest BCUT2D eigenvalue weighted by Crippen LogP contribution is 2.31. The molecule has 1 fully saturated rings. The number of carbonyl (C=O) groups excluding carboxylic acids is 1. The van der Waals surface area contributed by atoms with Crippen LogP contribution in [0.25, 0.3) is 22.3 Å². The quantitative estimate of drug-likeness (QED) is 0.336. The Balaban J connectivity index is 1.41. The summed E-state index contributed by atoms with van der Waals surface area (Å²) in [6, 6.07) is 6.72. The molecule has 1 aliphatic rings. The Morgan fingerprint density at radius 1 is 1.10 bits per heavy atom. The number of likely N-dealkylation sites (N-methyl/N-ethyl adjacent to an activating group) is 1. The van der Waals surface area contributed by atoms with E-state index in [0.717, 1.165) is 19.3 Å². The van der Waals surface area contributed by atoms with Crippen molar-refractivity contribution in [2.75, 3.05) is 38.1 Å². The number of anilines is 2. The monoisotopic (exact) mass is 548 g/mol. The summed E-state index contributed by atoms with van der Waals surface area (Å²) in [5.74, 6) is 0.0631. The number of rotatable bonds is 6. The molecular weight excluding hydrogens is 514 g/mol. The van der Waals surface area contributed by atoms with Gasteiger partial charge in [0, 0.05) is 50.5 Å². The molecule has 0 saturated carbocycles. The van der Waals surface area contributed by atoms with Crippen molar-refractivity contribution in [2.24, 2.45) is 0 Å². The Labute approximate surface area is 232 Å². The zero-order chi connectivity index (χ0) is 28.7. The normalized spacial score (nSPS) is 16.2.